The van der Waals surface area contributed by atoms with Crippen LogP contribution in [0.3, 0.4) is 0 Å². The summed E-state index contributed by atoms with van der Waals surface area (Å²) in [5.41, 5.74) is 6.20. The first-order valence-corrected chi connectivity index (χ1v) is 8.04. The Morgan fingerprint density at radius 1 is 0.926 bits per heavy atom. The number of non-ortho nitro benzene ring substituents is 1. The van der Waals surface area contributed by atoms with E-state index in [9.17, 15) is 19.7 Å². The van der Waals surface area contributed by atoms with Crippen LogP contribution in [0.2, 0.25) is 0 Å². The Hall–Kier alpha value is -3.62. The minimum atomic E-state index is -0.653. The predicted octanol–water partition coefficient (Wildman–Crippen LogP) is 1.80. The normalized spacial score (nSPS) is 10.1. The molecule has 9 nitrogen and oxygen atoms in total. The molecule has 0 atom stereocenters. The zero-order valence-corrected chi connectivity index (χ0v) is 15.5. The Labute approximate surface area is 156 Å². The van der Waals surface area contributed by atoms with Crippen LogP contribution in [-0.2, 0) is 0 Å². The number of nitro benzene ring substituents is 1. The van der Waals surface area contributed by atoms with Crippen LogP contribution in [0.1, 0.15) is 20.7 Å². The quantitative estimate of drug-likeness (QED) is 0.613. The number of hydrazine groups is 1. The largest absolute Gasteiger partial charge is 0.378 e. The summed E-state index contributed by atoms with van der Waals surface area (Å²) in [6.07, 6.45) is 0. The Bertz CT molecular complexity index is 880. The van der Waals surface area contributed by atoms with Gasteiger partial charge >= 0.3 is 0 Å². The molecule has 27 heavy (non-hydrogen) atoms. The first-order chi connectivity index (χ1) is 12.7. The van der Waals surface area contributed by atoms with Gasteiger partial charge < -0.3 is 9.80 Å². The molecule has 2 rings (SSSR count). The van der Waals surface area contributed by atoms with E-state index < -0.39 is 16.7 Å². The van der Waals surface area contributed by atoms with Gasteiger partial charge in [0, 0.05) is 57.3 Å². The van der Waals surface area contributed by atoms with Gasteiger partial charge in [0.2, 0.25) is 0 Å². The number of benzene rings is 2. The van der Waals surface area contributed by atoms with E-state index >= 15 is 0 Å². The van der Waals surface area contributed by atoms with Gasteiger partial charge in [-0.2, -0.15) is 0 Å². The minimum absolute atomic E-state index is 0.0801. The first kappa shape index (κ1) is 19.7. The molecule has 0 saturated heterocycles. The van der Waals surface area contributed by atoms with E-state index in [1.807, 2.05) is 25.1 Å². The average molecular weight is 371 g/mol. The molecule has 0 fully saturated rings. The number of nitrogens with one attached hydrogen (secondary N) is 2. The Morgan fingerprint density at radius 3 is 2.19 bits per heavy atom. The second-order valence-electron chi connectivity index (χ2n) is 6.21. The van der Waals surface area contributed by atoms with Gasteiger partial charge in [0.05, 0.1) is 10.5 Å². The fourth-order valence-electron chi connectivity index (χ4n) is 2.39. The number of hydrogen-bond acceptors (Lipinski definition) is 6. The number of nitrogens with zero attached hydrogens (tertiary/aromatic N) is 3. The minimum Gasteiger partial charge on any atom is -0.378 e. The number of rotatable bonds is 5. The molecule has 0 aromatic heterocycles. The molecule has 0 bridgehead atoms. The van der Waals surface area contributed by atoms with Crippen LogP contribution in [-0.4, -0.2) is 44.9 Å². The summed E-state index contributed by atoms with van der Waals surface area (Å²) >= 11 is 0. The van der Waals surface area contributed by atoms with Crippen molar-refractivity contribution in [1.29, 1.82) is 0 Å². The van der Waals surface area contributed by atoms with Crippen LogP contribution in [0.15, 0.2) is 42.5 Å². The van der Waals surface area contributed by atoms with E-state index in [1.165, 1.54) is 18.2 Å². The molecule has 0 aliphatic heterocycles. The third kappa shape index (κ3) is 4.72. The molecule has 0 unspecified atom stereocenters. The molecule has 9 heteroatoms. The predicted molar refractivity (Wildman–Crippen MR) is 103 cm³/mol. The van der Waals surface area contributed by atoms with Crippen molar-refractivity contribution in [2.75, 3.05) is 38.0 Å². The number of carbonyl (C=O) groups is 2. The lowest BCUT2D eigenvalue weighted by atomic mass is 10.1. The fourth-order valence-corrected chi connectivity index (χ4v) is 2.39. The zero-order chi connectivity index (χ0) is 20.1. The Morgan fingerprint density at radius 2 is 1.59 bits per heavy atom. The van der Waals surface area contributed by atoms with Gasteiger partial charge in [-0.15, -0.1) is 0 Å². The third-order valence-electron chi connectivity index (χ3n) is 3.83. The molecular formula is C18H21N5O4. The van der Waals surface area contributed by atoms with Crippen LogP contribution >= 0.6 is 0 Å². The maximum absolute atomic E-state index is 12.5. The van der Waals surface area contributed by atoms with Crippen molar-refractivity contribution in [3.63, 3.8) is 0 Å². The third-order valence-corrected chi connectivity index (χ3v) is 3.83. The van der Waals surface area contributed by atoms with Gasteiger partial charge in [-0.05, 0) is 24.3 Å². The number of anilines is 2. The van der Waals surface area contributed by atoms with Gasteiger partial charge in [-0.3, -0.25) is 30.6 Å². The van der Waals surface area contributed by atoms with E-state index in [-0.39, 0.29) is 11.3 Å². The average Bonchev–Trinajstić information content (AvgIpc) is 2.65. The van der Waals surface area contributed by atoms with Crippen LogP contribution in [0.25, 0.3) is 0 Å². The van der Waals surface area contributed by atoms with Crippen LogP contribution in [0.5, 0.6) is 0 Å². The number of carbonyl (C=O) groups excluding carboxylic acids is 2. The monoisotopic (exact) mass is 371 g/mol. The number of amides is 2. The number of hydrogen-bond donors (Lipinski definition) is 2. The highest BCUT2D eigenvalue weighted by Gasteiger charge is 2.18. The van der Waals surface area contributed by atoms with E-state index in [0.717, 1.165) is 5.69 Å². The molecule has 2 amide bonds. The molecular weight excluding hydrogens is 350 g/mol. The van der Waals surface area contributed by atoms with Crippen molar-refractivity contribution in [2.24, 2.45) is 0 Å². The Kier molecular flexibility index (Phi) is 5.96. The summed E-state index contributed by atoms with van der Waals surface area (Å²) in [6.45, 7) is 0. The van der Waals surface area contributed by atoms with Crippen molar-refractivity contribution >= 4 is 28.9 Å². The molecule has 0 heterocycles. The summed E-state index contributed by atoms with van der Waals surface area (Å²) in [4.78, 5) is 38.7. The topological polar surface area (TPSA) is 108 Å². The molecule has 0 aliphatic rings. The summed E-state index contributed by atoms with van der Waals surface area (Å²) in [5.74, 6) is -1.15. The van der Waals surface area contributed by atoms with E-state index in [2.05, 4.69) is 10.9 Å². The second kappa shape index (κ2) is 8.17. The van der Waals surface area contributed by atoms with Crippen molar-refractivity contribution in [3.05, 3.63) is 63.7 Å². The van der Waals surface area contributed by atoms with Crippen molar-refractivity contribution in [3.8, 4) is 0 Å². The molecule has 2 aromatic carbocycles. The van der Waals surface area contributed by atoms with E-state index in [0.29, 0.717) is 11.3 Å². The lowest BCUT2D eigenvalue weighted by molar-refractivity contribution is -0.384. The lowest BCUT2D eigenvalue weighted by Gasteiger charge is -2.17. The lowest BCUT2D eigenvalue weighted by Crippen LogP contribution is -2.42. The highest BCUT2D eigenvalue weighted by molar-refractivity contribution is 6.03. The van der Waals surface area contributed by atoms with Gasteiger partial charge in [0.25, 0.3) is 17.5 Å². The first-order valence-electron chi connectivity index (χ1n) is 8.04. The van der Waals surface area contributed by atoms with Crippen LogP contribution in [0, 0.1) is 10.1 Å². The highest BCUT2D eigenvalue weighted by Crippen LogP contribution is 2.24. The maximum atomic E-state index is 12.5. The van der Waals surface area contributed by atoms with Gasteiger partial charge in [-0.1, -0.05) is 6.07 Å². The van der Waals surface area contributed by atoms with E-state index in [1.54, 1.807) is 37.2 Å². The SMILES string of the molecule is CN(C)c1cccc(C(=O)NNC(=O)c2cc([N+](=O)[O-])ccc2N(C)C)c1. The summed E-state index contributed by atoms with van der Waals surface area (Å²) in [5, 5.41) is 11.0. The number of nitro groups is 1. The van der Waals surface area contributed by atoms with Crippen LogP contribution < -0.4 is 20.7 Å². The van der Waals surface area contributed by atoms with Gasteiger partial charge in [0.1, 0.15) is 0 Å². The van der Waals surface area contributed by atoms with E-state index in [4.69, 9.17) is 0 Å². The fraction of sp³-hybridized carbons (Fsp3) is 0.222. The molecule has 2 N–H and O–H groups in total. The zero-order valence-electron chi connectivity index (χ0n) is 15.5. The summed E-state index contributed by atoms with van der Waals surface area (Å²) in [6, 6.07) is 10.8. The summed E-state index contributed by atoms with van der Waals surface area (Å²) < 4.78 is 0. The molecule has 0 aliphatic carbocycles. The molecule has 0 saturated carbocycles. The van der Waals surface area contributed by atoms with Crippen LogP contribution in [0.4, 0.5) is 17.1 Å². The maximum Gasteiger partial charge on any atom is 0.272 e. The summed E-state index contributed by atoms with van der Waals surface area (Å²) in [7, 11) is 7.13. The van der Waals surface area contributed by atoms with Crippen molar-refractivity contribution in [2.45, 2.75) is 0 Å². The Balaban J connectivity index is 2.17. The molecule has 142 valence electrons. The standard InChI is InChI=1S/C18H21N5O4/c1-21(2)13-7-5-6-12(10-13)17(24)19-20-18(25)15-11-14(23(26)27)8-9-16(15)22(3)4/h5-11H,1-4H3,(H,19,24)(H,20,25). The highest BCUT2D eigenvalue weighted by atomic mass is 16.6. The smallest absolute Gasteiger partial charge is 0.272 e. The van der Waals surface area contributed by atoms with Gasteiger partial charge in [-0.25, -0.2) is 0 Å². The molecule has 0 spiro atoms. The second-order valence-corrected chi connectivity index (χ2v) is 6.21. The van der Waals surface area contributed by atoms with Gasteiger partial charge in [0.15, 0.2) is 0 Å². The molecule has 0 radical (unpaired) electrons. The molecule has 2 aromatic rings. The van der Waals surface area contributed by atoms with Crippen molar-refractivity contribution in [1.82, 2.24) is 10.9 Å². The van der Waals surface area contributed by atoms with Crippen molar-refractivity contribution < 1.29 is 14.5 Å².